The molecule has 0 saturated heterocycles. The lowest BCUT2D eigenvalue weighted by Crippen LogP contribution is -2.32. The van der Waals surface area contributed by atoms with Crippen LogP contribution >= 0.6 is 11.3 Å². The van der Waals surface area contributed by atoms with E-state index in [0.29, 0.717) is 28.5 Å². The summed E-state index contributed by atoms with van der Waals surface area (Å²) in [6.45, 7) is 2.35. The third-order valence-electron chi connectivity index (χ3n) is 6.35. The molecule has 39 heavy (non-hydrogen) atoms. The molecular formula is C30H27N3O5S. The van der Waals surface area contributed by atoms with E-state index in [1.807, 2.05) is 36.4 Å². The molecule has 5 rings (SSSR count). The number of amides is 2. The van der Waals surface area contributed by atoms with Gasteiger partial charge in [-0.15, -0.1) is 11.3 Å². The fourth-order valence-electron chi connectivity index (χ4n) is 4.55. The maximum absolute atomic E-state index is 12.5. The molecule has 1 aliphatic carbocycles. The van der Waals surface area contributed by atoms with Crippen LogP contribution < -0.4 is 15.5 Å². The molecule has 198 valence electrons. The SMILES string of the molecule is CCOC(=O)c1c(NC(=O)C(=O)NN=Cc2cccc(OCc3cccc4ccccc34)c2)sc2c1CCC2. The van der Waals surface area contributed by atoms with Crippen LogP contribution in [0.5, 0.6) is 5.75 Å². The largest absolute Gasteiger partial charge is 0.489 e. The average Bonchev–Trinajstić information content (AvgIpc) is 3.53. The number of hydrazone groups is 1. The second-order valence-corrected chi connectivity index (χ2v) is 10.0. The molecule has 2 amide bonds. The zero-order valence-electron chi connectivity index (χ0n) is 21.4. The maximum Gasteiger partial charge on any atom is 0.341 e. The van der Waals surface area contributed by atoms with Crippen molar-refractivity contribution in [3.05, 3.63) is 93.9 Å². The number of ether oxygens (including phenoxy) is 2. The fourth-order valence-corrected chi connectivity index (χ4v) is 5.82. The molecule has 0 atom stereocenters. The van der Waals surface area contributed by atoms with Gasteiger partial charge in [-0.3, -0.25) is 9.59 Å². The minimum Gasteiger partial charge on any atom is -0.489 e. The molecule has 1 aliphatic rings. The monoisotopic (exact) mass is 541 g/mol. The van der Waals surface area contributed by atoms with Crippen molar-refractivity contribution in [2.24, 2.45) is 5.10 Å². The number of aryl methyl sites for hydroxylation is 1. The van der Waals surface area contributed by atoms with Gasteiger partial charge in [0, 0.05) is 4.88 Å². The number of benzene rings is 3. The first-order valence-electron chi connectivity index (χ1n) is 12.7. The van der Waals surface area contributed by atoms with Gasteiger partial charge in [0.15, 0.2) is 0 Å². The predicted molar refractivity (Wildman–Crippen MR) is 151 cm³/mol. The van der Waals surface area contributed by atoms with Crippen molar-refractivity contribution in [1.82, 2.24) is 5.43 Å². The predicted octanol–water partition coefficient (Wildman–Crippen LogP) is 5.23. The third-order valence-corrected chi connectivity index (χ3v) is 7.55. The van der Waals surface area contributed by atoms with Gasteiger partial charge in [-0.1, -0.05) is 54.6 Å². The number of carbonyl (C=O) groups is 3. The Morgan fingerprint density at radius 3 is 2.69 bits per heavy atom. The van der Waals surface area contributed by atoms with Gasteiger partial charge in [0.1, 0.15) is 17.4 Å². The summed E-state index contributed by atoms with van der Waals surface area (Å²) >= 11 is 1.31. The Balaban J connectivity index is 1.19. The zero-order chi connectivity index (χ0) is 27.2. The third kappa shape index (κ3) is 5.99. The molecule has 0 bridgehead atoms. The minimum absolute atomic E-state index is 0.224. The van der Waals surface area contributed by atoms with E-state index in [4.69, 9.17) is 9.47 Å². The number of carbonyl (C=O) groups excluding carboxylic acids is 3. The lowest BCUT2D eigenvalue weighted by molar-refractivity contribution is -0.136. The number of esters is 1. The number of hydrogen-bond donors (Lipinski definition) is 2. The van der Waals surface area contributed by atoms with Crippen molar-refractivity contribution in [2.45, 2.75) is 32.8 Å². The normalized spacial score (nSPS) is 12.3. The highest BCUT2D eigenvalue weighted by molar-refractivity contribution is 7.17. The van der Waals surface area contributed by atoms with Gasteiger partial charge in [-0.2, -0.15) is 5.10 Å². The Bertz CT molecular complexity index is 1570. The standard InChI is InChI=1S/C30H27N3O5S/c1-2-37-30(36)26-24-14-7-15-25(24)39-29(26)32-27(34)28(35)33-31-17-19-8-5-12-22(16-19)38-18-21-11-6-10-20-9-3-4-13-23(20)21/h3-6,8-13,16-17H,2,7,14-15,18H2,1H3,(H,32,34)(H,33,35). The topological polar surface area (TPSA) is 106 Å². The maximum atomic E-state index is 12.5. The molecule has 0 radical (unpaired) electrons. The van der Waals surface area contributed by atoms with Gasteiger partial charge >= 0.3 is 17.8 Å². The Hall–Kier alpha value is -4.50. The van der Waals surface area contributed by atoms with Crippen molar-refractivity contribution in [2.75, 3.05) is 11.9 Å². The van der Waals surface area contributed by atoms with Crippen LogP contribution in [0.15, 0.2) is 71.8 Å². The molecular weight excluding hydrogens is 514 g/mol. The lowest BCUT2D eigenvalue weighted by Gasteiger charge is -2.09. The van der Waals surface area contributed by atoms with Crippen molar-refractivity contribution in [3.8, 4) is 5.75 Å². The van der Waals surface area contributed by atoms with Crippen LogP contribution in [0.25, 0.3) is 10.8 Å². The van der Waals surface area contributed by atoms with Crippen LogP contribution in [0, 0.1) is 0 Å². The van der Waals surface area contributed by atoms with E-state index in [-0.39, 0.29) is 6.61 Å². The van der Waals surface area contributed by atoms with Crippen molar-refractivity contribution < 1.29 is 23.9 Å². The highest BCUT2D eigenvalue weighted by Gasteiger charge is 2.29. The fraction of sp³-hybridized carbons (Fsp3) is 0.200. The van der Waals surface area contributed by atoms with Crippen LogP contribution in [0.1, 0.15) is 45.3 Å². The number of anilines is 1. The number of thiophene rings is 1. The summed E-state index contributed by atoms with van der Waals surface area (Å²) in [6, 6.07) is 21.5. The molecule has 0 spiro atoms. The Kier molecular flexibility index (Phi) is 7.98. The van der Waals surface area contributed by atoms with E-state index < -0.39 is 17.8 Å². The molecule has 4 aromatic rings. The van der Waals surface area contributed by atoms with E-state index in [9.17, 15) is 14.4 Å². The Labute approximate surface area is 229 Å². The molecule has 0 fully saturated rings. The zero-order valence-corrected chi connectivity index (χ0v) is 22.2. The van der Waals surface area contributed by atoms with E-state index >= 15 is 0 Å². The van der Waals surface area contributed by atoms with Gasteiger partial charge < -0.3 is 14.8 Å². The number of rotatable bonds is 8. The Morgan fingerprint density at radius 1 is 1.00 bits per heavy atom. The minimum atomic E-state index is -0.946. The van der Waals surface area contributed by atoms with Gasteiger partial charge in [-0.25, -0.2) is 10.2 Å². The first-order valence-corrected chi connectivity index (χ1v) is 13.5. The highest BCUT2D eigenvalue weighted by Crippen LogP contribution is 2.39. The van der Waals surface area contributed by atoms with Crippen LogP contribution in [0.2, 0.25) is 0 Å². The quantitative estimate of drug-likeness (QED) is 0.137. The molecule has 2 N–H and O–H groups in total. The van der Waals surface area contributed by atoms with Crippen LogP contribution in [-0.4, -0.2) is 30.6 Å². The van der Waals surface area contributed by atoms with Gasteiger partial charge in [-0.05, 0) is 65.8 Å². The number of nitrogens with zero attached hydrogens (tertiary/aromatic N) is 1. The molecule has 0 unspecified atom stereocenters. The highest BCUT2D eigenvalue weighted by atomic mass is 32.1. The molecule has 1 heterocycles. The summed E-state index contributed by atoms with van der Waals surface area (Å²) in [5.74, 6) is -1.70. The first kappa shape index (κ1) is 26.1. The summed E-state index contributed by atoms with van der Waals surface area (Å²) in [5, 5.41) is 9.09. The summed E-state index contributed by atoms with van der Waals surface area (Å²) in [6.07, 6.45) is 3.96. The second kappa shape index (κ2) is 11.9. The molecule has 3 aromatic carbocycles. The van der Waals surface area contributed by atoms with Gasteiger partial charge in [0.05, 0.1) is 18.4 Å². The van der Waals surface area contributed by atoms with Gasteiger partial charge in [0.25, 0.3) is 0 Å². The molecule has 0 aliphatic heterocycles. The lowest BCUT2D eigenvalue weighted by atomic mass is 10.1. The van der Waals surface area contributed by atoms with Crippen molar-refractivity contribution in [1.29, 1.82) is 0 Å². The average molecular weight is 542 g/mol. The molecule has 9 heteroatoms. The summed E-state index contributed by atoms with van der Waals surface area (Å²) in [4.78, 5) is 38.4. The number of hydrogen-bond acceptors (Lipinski definition) is 7. The molecule has 0 saturated carbocycles. The van der Waals surface area contributed by atoms with Crippen LogP contribution in [0.4, 0.5) is 5.00 Å². The second-order valence-electron chi connectivity index (χ2n) is 8.93. The van der Waals surface area contributed by atoms with Crippen molar-refractivity contribution >= 4 is 51.1 Å². The van der Waals surface area contributed by atoms with Crippen LogP contribution in [0.3, 0.4) is 0 Å². The van der Waals surface area contributed by atoms with Crippen molar-refractivity contribution in [3.63, 3.8) is 0 Å². The number of fused-ring (bicyclic) bond motifs is 2. The summed E-state index contributed by atoms with van der Waals surface area (Å²) < 4.78 is 11.2. The summed E-state index contributed by atoms with van der Waals surface area (Å²) in [5.41, 5.74) is 5.24. The number of nitrogens with one attached hydrogen (secondary N) is 2. The molecule has 8 nitrogen and oxygen atoms in total. The Morgan fingerprint density at radius 2 is 1.82 bits per heavy atom. The van der Waals surface area contributed by atoms with E-state index in [0.717, 1.165) is 46.0 Å². The summed E-state index contributed by atoms with van der Waals surface area (Å²) in [7, 11) is 0. The first-order chi connectivity index (χ1) is 19.0. The van der Waals surface area contributed by atoms with E-state index in [2.05, 4.69) is 34.0 Å². The van der Waals surface area contributed by atoms with E-state index in [1.54, 1.807) is 19.1 Å². The van der Waals surface area contributed by atoms with Crippen LogP contribution in [-0.2, 0) is 33.8 Å². The molecule has 1 aromatic heterocycles. The van der Waals surface area contributed by atoms with Gasteiger partial charge in [0.2, 0.25) is 0 Å². The smallest absolute Gasteiger partial charge is 0.341 e. The van der Waals surface area contributed by atoms with E-state index in [1.165, 1.54) is 17.6 Å².